The van der Waals surface area contributed by atoms with Crippen LogP contribution in [0.2, 0.25) is 0 Å². The van der Waals surface area contributed by atoms with Gasteiger partial charge in [0, 0.05) is 18.8 Å². The van der Waals surface area contributed by atoms with Gasteiger partial charge in [0.2, 0.25) is 0 Å². The first kappa shape index (κ1) is 23.0. The van der Waals surface area contributed by atoms with Gasteiger partial charge in [-0.2, -0.15) is 8.78 Å². The zero-order chi connectivity index (χ0) is 21.3. The third-order valence-electron chi connectivity index (χ3n) is 4.99. The summed E-state index contributed by atoms with van der Waals surface area (Å²) in [6.45, 7) is -0.812. The summed E-state index contributed by atoms with van der Waals surface area (Å²) in [6.07, 6.45) is 5.73. The molecule has 0 heterocycles. The Balaban J connectivity index is 1.89. The minimum Gasteiger partial charge on any atom is -0.487 e. The number of carbonyl (C=O) groups is 1. The fraction of sp³-hybridized carbons (Fsp3) is 0.500. The van der Waals surface area contributed by atoms with Crippen LogP contribution in [0.4, 0.5) is 8.78 Å². The molecule has 1 aromatic rings. The number of benzene rings is 1. The molecule has 4 atom stereocenters. The van der Waals surface area contributed by atoms with Crippen LogP contribution in [0.1, 0.15) is 32.1 Å². The van der Waals surface area contributed by atoms with Crippen LogP contribution in [0.15, 0.2) is 54.6 Å². The summed E-state index contributed by atoms with van der Waals surface area (Å²) in [6, 6.07) is 8.34. The van der Waals surface area contributed by atoms with E-state index in [1.807, 2.05) is 12.2 Å². The maximum Gasteiger partial charge on any atom is 0.303 e. The summed E-state index contributed by atoms with van der Waals surface area (Å²) < 4.78 is 33.4. The molecule has 0 radical (unpaired) electrons. The number of ether oxygens (including phenoxy) is 1. The molecule has 0 aromatic heterocycles. The summed E-state index contributed by atoms with van der Waals surface area (Å²) >= 11 is 0. The van der Waals surface area contributed by atoms with Crippen molar-refractivity contribution in [3.05, 3.63) is 54.6 Å². The topological polar surface area (TPSA) is 87.0 Å². The SMILES string of the molecule is O=C(O)CCCC=CC[C@@H]1[C@@H](C=CC(F)(F)COc2ccccc2)[C@H](O)C[C@@H]1O. The predicted molar refractivity (Wildman–Crippen MR) is 105 cm³/mol. The molecule has 0 spiro atoms. The Bertz CT molecular complexity index is 690. The van der Waals surface area contributed by atoms with Gasteiger partial charge in [0.25, 0.3) is 5.92 Å². The molecule has 7 heteroatoms. The van der Waals surface area contributed by atoms with Crippen LogP contribution < -0.4 is 4.74 Å². The van der Waals surface area contributed by atoms with E-state index >= 15 is 0 Å². The van der Waals surface area contributed by atoms with Crippen LogP contribution in [0.5, 0.6) is 5.75 Å². The minimum atomic E-state index is -3.21. The quantitative estimate of drug-likeness (QED) is 0.381. The number of halogens is 2. The maximum atomic E-state index is 14.2. The second-order valence-electron chi connectivity index (χ2n) is 7.33. The molecule has 2 rings (SSSR count). The van der Waals surface area contributed by atoms with Crippen molar-refractivity contribution in [1.82, 2.24) is 0 Å². The van der Waals surface area contributed by atoms with Crippen molar-refractivity contribution >= 4 is 5.97 Å². The Labute approximate surface area is 169 Å². The monoisotopic (exact) mass is 410 g/mol. The van der Waals surface area contributed by atoms with E-state index in [-0.39, 0.29) is 18.8 Å². The van der Waals surface area contributed by atoms with Crippen LogP contribution in [0.3, 0.4) is 0 Å². The molecular weight excluding hydrogens is 382 g/mol. The van der Waals surface area contributed by atoms with Gasteiger partial charge in [0.15, 0.2) is 6.61 Å². The van der Waals surface area contributed by atoms with Crippen LogP contribution in [-0.4, -0.2) is 46.0 Å². The zero-order valence-electron chi connectivity index (χ0n) is 16.2. The smallest absolute Gasteiger partial charge is 0.303 e. The Kier molecular flexibility index (Phi) is 8.79. The second kappa shape index (κ2) is 11.1. The number of allylic oxidation sites excluding steroid dienone is 2. The number of alkyl halides is 2. The molecular formula is C22H28F2O5. The van der Waals surface area contributed by atoms with E-state index in [4.69, 9.17) is 9.84 Å². The van der Waals surface area contributed by atoms with Gasteiger partial charge in [-0.15, -0.1) is 0 Å². The molecule has 3 N–H and O–H groups in total. The molecule has 1 aromatic carbocycles. The van der Waals surface area contributed by atoms with Gasteiger partial charge in [-0.05, 0) is 43.4 Å². The summed E-state index contributed by atoms with van der Waals surface area (Å²) in [5.74, 6) is -4.67. The van der Waals surface area contributed by atoms with Crippen molar-refractivity contribution < 1.29 is 33.6 Å². The lowest BCUT2D eigenvalue weighted by Crippen LogP contribution is -2.25. The zero-order valence-corrected chi connectivity index (χ0v) is 16.2. The number of para-hydroxylation sites is 1. The van der Waals surface area contributed by atoms with Crippen LogP contribution in [-0.2, 0) is 4.79 Å². The van der Waals surface area contributed by atoms with E-state index in [9.17, 15) is 23.8 Å². The lowest BCUT2D eigenvalue weighted by molar-refractivity contribution is -0.137. The minimum absolute atomic E-state index is 0.0839. The fourth-order valence-corrected chi connectivity index (χ4v) is 3.45. The Morgan fingerprint density at radius 1 is 1.17 bits per heavy atom. The van der Waals surface area contributed by atoms with Gasteiger partial charge >= 0.3 is 5.97 Å². The number of aliphatic hydroxyl groups excluding tert-OH is 2. The van der Waals surface area contributed by atoms with Crippen molar-refractivity contribution in [2.75, 3.05) is 6.61 Å². The Morgan fingerprint density at radius 3 is 2.59 bits per heavy atom. The average Bonchev–Trinajstić information content (AvgIpc) is 2.94. The van der Waals surface area contributed by atoms with Gasteiger partial charge in [0.1, 0.15) is 5.75 Å². The molecule has 0 aliphatic heterocycles. The first-order valence-electron chi connectivity index (χ1n) is 9.76. The summed E-state index contributed by atoms with van der Waals surface area (Å²) in [4.78, 5) is 10.5. The number of aliphatic hydroxyl groups is 2. The van der Waals surface area contributed by atoms with E-state index in [0.29, 0.717) is 25.0 Å². The van der Waals surface area contributed by atoms with Gasteiger partial charge in [-0.1, -0.05) is 36.4 Å². The second-order valence-corrected chi connectivity index (χ2v) is 7.33. The standard InChI is InChI=1S/C22H28F2O5/c23-22(24,15-29-16-8-4-3-5-9-16)13-12-18-17(19(25)14-20(18)26)10-6-1-2-7-11-21(27)28/h1,3-6,8-9,12-13,17-20,25-26H,2,7,10-11,14-15H2,(H,27,28)/t17-,18-,19+,20-/m1/s1. The Morgan fingerprint density at radius 2 is 1.90 bits per heavy atom. The maximum absolute atomic E-state index is 14.2. The highest BCUT2D eigenvalue weighted by atomic mass is 19.3. The number of hydrogen-bond acceptors (Lipinski definition) is 4. The largest absolute Gasteiger partial charge is 0.487 e. The first-order chi connectivity index (χ1) is 13.8. The number of carboxylic acids is 1. The molecule has 1 saturated carbocycles. The van der Waals surface area contributed by atoms with Crippen LogP contribution in [0, 0.1) is 11.8 Å². The highest BCUT2D eigenvalue weighted by Crippen LogP contribution is 2.37. The van der Waals surface area contributed by atoms with Crippen LogP contribution in [0.25, 0.3) is 0 Å². The fourth-order valence-electron chi connectivity index (χ4n) is 3.45. The van der Waals surface area contributed by atoms with Crippen LogP contribution >= 0.6 is 0 Å². The van der Waals surface area contributed by atoms with Gasteiger partial charge in [-0.25, -0.2) is 0 Å². The lowest BCUT2D eigenvalue weighted by atomic mass is 9.89. The normalized spacial score (nSPS) is 25.1. The third kappa shape index (κ3) is 7.95. The molecule has 0 unspecified atom stereocenters. The highest BCUT2D eigenvalue weighted by molar-refractivity contribution is 5.66. The average molecular weight is 410 g/mol. The van der Waals surface area contributed by atoms with Gasteiger partial charge in [-0.3, -0.25) is 4.79 Å². The van der Waals surface area contributed by atoms with Crippen molar-refractivity contribution in [3.8, 4) is 5.75 Å². The summed E-state index contributed by atoms with van der Waals surface area (Å²) in [5, 5.41) is 28.9. The molecule has 1 fully saturated rings. The summed E-state index contributed by atoms with van der Waals surface area (Å²) in [7, 11) is 0. The van der Waals surface area contributed by atoms with E-state index in [0.717, 1.165) is 6.08 Å². The first-order valence-corrected chi connectivity index (χ1v) is 9.76. The predicted octanol–water partition coefficient (Wildman–Crippen LogP) is 3.82. The lowest BCUT2D eigenvalue weighted by Gasteiger charge is -2.20. The number of hydrogen-bond donors (Lipinski definition) is 3. The molecule has 0 saturated heterocycles. The number of aliphatic carboxylic acids is 1. The molecule has 5 nitrogen and oxygen atoms in total. The molecule has 0 amide bonds. The number of carboxylic acid groups (broad SMARTS) is 1. The third-order valence-corrected chi connectivity index (χ3v) is 4.99. The van der Waals surface area contributed by atoms with Crippen molar-refractivity contribution in [2.24, 2.45) is 11.8 Å². The van der Waals surface area contributed by atoms with E-state index in [1.165, 1.54) is 6.08 Å². The van der Waals surface area contributed by atoms with Crippen molar-refractivity contribution in [2.45, 2.75) is 50.2 Å². The van der Waals surface area contributed by atoms with Crippen molar-refractivity contribution in [1.29, 1.82) is 0 Å². The van der Waals surface area contributed by atoms with Gasteiger partial charge < -0.3 is 20.1 Å². The summed E-state index contributed by atoms with van der Waals surface area (Å²) in [5.41, 5.74) is 0. The molecule has 160 valence electrons. The molecule has 1 aliphatic carbocycles. The molecule has 29 heavy (non-hydrogen) atoms. The van der Waals surface area contributed by atoms with Crippen molar-refractivity contribution in [3.63, 3.8) is 0 Å². The highest BCUT2D eigenvalue weighted by Gasteiger charge is 2.40. The number of unbranched alkanes of at least 4 members (excludes halogenated alkanes) is 1. The van der Waals surface area contributed by atoms with E-state index < -0.39 is 36.6 Å². The number of rotatable bonds is 11. The van der Waals surface area contributed by atoms with E-state index in [1.54, 1.807) is 30.3 Å². The van der Waals surface area contributed by atoms with Gasteiger partial charge in [0.05, 0.1) is 12.2 Å². The molecule has 0 bridgehead atoms. The van der Waals surface area contributed by atoms with E-state index in [2.05, 4.69) is 0 Å². The molecule has 1 aliphatic rings. The Hall–Kier alpha value is -2.25.